The summed E-state index contributed by atoms with van der Waals surface area (Å²) in [6.45, 7) is 7.27. The molecule has 1 aromatic rings. The highest BCUT2D eigenvalue weighted by atomic mass is 16.2. The van der Waals surface area contributed by atoms with Crippen molar-refractivity contribution in [3.05, 3.63) is 29.3 Å². The molecule has 1 N–H and O–H groups in total. The van der Waals surface area contributed by atoms with Gasteiger partial charge in [0.05, 0.1) is 6.54 Å². The third kappa shape index (κ3) is 3.35. The van der Waals surface area contributed by atoms with Gasteiger partial charge in [0.15, 0.2) is 0 Å². The molecule has 0 spiro atoms. The van der Waals surface area contributed by atoms with Crippen LogP contribution in [-0.4, -0.2) is 26.0 Å². The van der Waals surface area contributed by atoms with Gasteiger partial charge in [0.2, 0.25) is 5.91 Å². The van der Waals surface area contributed by atoms with Crippen molar-refractivity contribution in [3.63, 3.8) is 0 Å². The molecule has 3 heteroatoms. The molecule has 16 heavy (non-hydrogen) atoms. The summed E-state index contributed by atoms with van der Waals surface area (Å²) in [7, 11) is 1.81. The van der Waals surface area contributed by atoms with Gasteiger partial charge in [0.25, 0.3) is 0 Å². The van der Waals surface area contributed by atoms with Crippen molar-refractivity contribution in [2.75, 3.05) is 25.0 Å². The van der Waals surface area contributed by atoms with E-state index in [1.54, 1.807) is 4.90 Å². The highest BCUT2D eigenvalue weighted by Gasteiger charge is 2.10. The second kappa shape index (κ2) is 5.66. The molecule has 0 saturated carbocycles. The topological polar surface area (TPSA) is 32.3 Å². The molecule has 0 bridgehead atoms. The quantitative estimate of drug-likeness (QED) is 0.840. The zero-order valence-electron chi connectivity index (χ0n) is 10.5. The molecular weight excluding hydrogens is 200 g/mol. The van der Waals surface area contributed by atoms with Gasteiger partial charge >= 0.3 is 0 Å². The predicted molar refractivity (Wildman–Crippen MR) is 67.9 cm³/mol. The molecule has 1 aromatic carbocycles. The summed E-state index contributed by atoms with van der Waals surface area (Å²) in [5.74, 6) is 0.0897. The first-order chi connectivity index (χ1) is 7.54. The van der Waals surface area contributed by atoms with Gasteiger partial charge in [-0.2, -0.15) is 0 Å². The van der Waals surface area contributed by atoms with Gasteiger partial charge in [-0.15, -0.1) is 0 Å². The van der Waals surface area contributed by atoms with E-state index in [0.717, 1.165) is 12.2 Å². The molecular formula is C13H20N2O. The molecule has 0 fully saturated rings. The Morgan fingerprint density at radius 1 is 1.25 bits per heavy atom. The molecule has 1 rings (SSSR count). The Hall–Kier alpha value is -1.35. The maximum Gasteiger partial charge on any atom is 0.240 e. The molecule has 0 radical (unpaired) electrons. The first-order valence-corrected chi connectivity index (χ1v) is 5.60. The Bertz CT molecular complexity index is 354. The fourth-order valence-corrected chi connectivity index (χ4v) is 1.64. The van der Waals surface area contributed by atoms with Crippen LogP contribution in [0.25, 0.3) is 0 Å². The average molecular weight is 220 g/mol. The maximum atomic E-state index is 11.8. The number of hydrogen-bond donors (Lipinski definition) is 1. The van der Waals surface area contributed by atoms with Crippen molar-refractivity contribution in [1.29, 1.82) is 0 Å². The lowest BCUT2D eigenvalue weighted by Gasteiger charge is -2.18. The number of carbonyl (C=O) groups excluding carboxylic acids is 1. The van der Waals surface area contributed by atoms with Crippen LogP contribution in [0.1, 0.15) is 18.1 Å². The molecule has 3 nitrogen and oxygen atoms in total. The fourth-order valence-electron chi connectivity index (χ4n) is 1.64. The Morgan fingerprint density at radius 3 is 2.31 bits per heavy atom. The SMILES string of the molecule is CCNCC(=O)N(C)c1cc(C)cc(C)c1. The molecule has 0 saturated heterocycles. The minimum Gasteiger partial charge on any atom is -0.314 e. The van der Waals surface area contributed by atoms with Gasteiger partial charge in [0, 0.05) is 12.7 Å². The van der Waals surface area contributed by atoms with E-state index < -0.39 is 0 Å². The van der Waals surface area contributed by atoms with Crippen LogP contribution in [0, 0.1) is 13.8 Å². The molecule has 0 aliphatic carbocycles. The van der Waals surface area contributed by atoms with Gasteiger partial charge in [-0.3, -0.25) is 4.79 Å². The van der Waals surface area contributed by atoms with Crippen molar-refractivity contribution in [3.8, 4) is 0 Å². The normalized spacial score (nSPS) is 10.2. The summed E-state index contributed by atoms with van der Waals surface area (Å²) in [4.78, 5) is 13.5. The van der Waals surface area contributed by atoms with E-state index in [4.69, 9.17) is 0 Å². The average Bonchev–Trinajstić information content (AvgIpc) is 2.23. The lowest BCUT2D eigenvalue weighted by molar-refractivity contribution is -0.117. The number of rotatable bonds is 4. The van der Waals surface area contributed by atoms with Gasteiger partial charge in [-0.05, 0) is 43.7 Å². The number of anilines is 1. The highest BCUT2D eigenvalue weighted by Crippen LogP contribution is 2.17. The first-order valence-electron chi connectivity index (χ1n) is 5.60. The van der Waals surface area contributed by atoms with Crippen LogP contribution in [-0.2, 0) is 4.79 Å². The third-order valence-corrected chi connectivity index (χ3v) is 2.49. The van der Waals surface area contributed by atoms with Gasteiger partial charge < -0.3 is 10.2 Å². The molecule has 0 heterocycles. The number of aryl methyl sites for hydroxylation is 2. The van der Waals surface area contributed by atoms with Gasteiger partial charge in [-0.25, -0.2) is 0 Å². The van der Waals surface area contributed by atoms with Crippen LogP contribution >= 0.6 is 0 Å². The lowest BCUT2D eigenvalue weighted by Crippen LogP contribution is -2.35. The third-order valence-electron chi connectivity index (χ3n) is 2.49. The molecule has 1 amide bonds. The van der Waals surface area contributed by atoms with Crippen LogP contribution in [0.5, 0.6) is 0 Å². The molecule has 0 aromatic heterocycles. The monoisotopic (exact) mass is 220 g/mol. The molecule has 0 unspecified atom stereocenters. The van der Waals surface area contributed by atoms with E-state index in [-0.39, 0.29) is 5.91 Å². The van der Waals surface area contributed by atoms with Crippen LogP contribution in [0.15, 0.2) is 18.2 Å². The van der Waals surface area contributed by atoms with Crippen molar-refractivity contribution < 1.29 is 4.79 Å². The van der Waals surface area contributed by atoms with Crippen LogP contribution in [0.3, 0.4) is 0 Å². The number of likely N-dealkylation sites (N-methyl/N-ethyl adjacent to an activating group) is 2. The van der Waals surface area contributed by atoms with Crippen molar-refractivity contribution in [1.82, 2.24) is 5.32 Å². The lowest BCUT2D eigenvalue weighted by atomic mass is 10.1. The zero-order valence-corrected chi connectivity index (χ0v) is 10.5. The minimum atomic E-state index is 0.0897. The standard InChI is InChI=1S/C13H20N2O/c1-5-14-9-13(16)15(4)12-7-10(2)6-11(3)8-12/h6-8,14H,5,9H2,1-4H3. The molecule has 88 valence electrons. The molecule has 0 aliphatic heterocycles. The zero-order chi connectivity index (χ0) is 12.1. The Balaban J connectivity index is 2.79. The maximum absolute atomic E-state index is 11.8. The van der Waals surface area contributed by atoms with Gasteiger partial charge in [0.1, 0.15) is 0 Å². The largest absolute Gasteiger partial charge is 0.314 e. The van der Waals surface area contributed by atoms with E-state index in [0.29, 0.717) is 6.54 Å². The summed E-state index contributed by atoms with van der Waals surface area (Å²) >= 11 is 0. The van der Waals surface area contributed by atoms with Crippen molar-refractivity contribution >= 4 is 11.6 Å². The summed E-state index contributed by atoms with van der Waals surface area (Å²) < 4.78 is 0. The van der Waals surface area contributed by atoms with E-state index in [9.17, 15) is 4.79 Å². The number of benzene rings is 1. The fraction of sp³-hybridized carbons (Fsp3) is 0.462. The minimum absolute atomic E-state index is 0.0897. The van der Waals surface area contributed by atoms with Crippen LogP contribution in [0.4, 0.5) is 5.69 Å². The number of amides is 1. The Morgan fingerprint density at radius 2 is 1.81 bits per heavy atom. The second-order valence-electron chi connectivity index (χ2n) is 4.08. The summed E-state index contributed by atoms with van der Waals surface area (Å²) in [5.41, 5.74) is 3.32. The number of nitrogens with one attached hydrogen (secondary N) is 1. The highest BCUT2D eigenvalue weighted by molar-refractivity contribution is 5.94. The number of hydrogen-bond acceptors (Lipinski definition) is 2. The molecule has 0 atom stereocenters. The number of carbonyl (C=O) groups is 1. The van der Waals surface area contributed by atoms with E-state index >= 15 is 0 Å². The predicted octanol–water partition coefficient (Wildman–Crippen LogP) is 1.88. The van der Waals surface area contributed by atoms with Gasteiger partial charge in [-0.1, -0.05) is 13.0 Å². The summed E-state index contributed by atoms with van der Waals surface area (Å²) in [6, 6.07) is 6.15. The molecule has 0 aliphatic rings. The van der Waals surface area contributed by atoms with Crippen molar-refractivity contribution in [2.45, 2.75) is 20.8 Å². The Kier molecular flexibility index (Phi) is 4.50. The second-order valence-corrected chi connectivity index (χ2v) is 4.08. The van der Waals surface area contributed by atoms with Crippen molar-refractivity contribution in [2.24, 2.45) is 0 Å². The smallest absolute Gasteiger partial charge is 0.240 e. The summed E-state index contributed by atoms with van der Waals surface area (Å²) in [5, 5.41) is 3.04. The van der Waals surface area contributed by atoms with E-state index in [1.807, 2.05) is 40.0 Å². The summed E-state index contributed by atoms with van der Waals surface area (Å²) in [6.07, 6.45) is 0. The first kappa shape index (κ1) is 12.7. The Labute approximate surface area is 97.5 Å². The van der Waals surface area contributed by atoms with Crippen LogP contribution in [0.2, 0.25) is 0 Å². The van der Waals surface area contributed by atoms with E-state index in [1.165, 1.54) is 11.1 Å². The number of nitrogens with zero attached hydrogens (tertiary/aromatic N) is 1. The van der Waals surface area contributed by atoms with Crippen LogP contribution < -0.4 is 10.2 Å². The van der Waals surface area contributed by atoms with E-state index in [2.05, 4.69) is 11.4 Å².